The van der Waals surface area contributed by atoms with Gasteiger partial charge in [0.15, 0.2) is 0 Å². The zero-order chi connectivity index (χ0) is 22.3. The third kappa shape index (κ3) is 2.75. The van der Waals surface area contributed by atoms with Gasteiger partial charge in [-0.1, -0.05) is 66.2 Å². The minimum atomic E-state index is -0.0125. The topological polar surface area (TPSA) is 4.93 Å². The average molecular weight is 527 g/mol. The van der Waals surface area contributed by atoms with Crippen LogP contribution in [-0.4, -0.2) is 4.57 Å². The second-order valence-electron chi connectivity index (χ2n) is 9.21. The smallest absolute Gasteiger partial charge is 0.0711 e. The summed E-state index contributed by atoms with van der Waals surface area (Å²) < 4.78 is 6.31. The Kier molecular flexibility index (Phi) is 4.15. The normalized spacial score (nSPS) is 14.2. The van der Waals surface area contributed by atoms with Crippen molar-refractivity contribution in [1.29, 1.82) is 0 Å². The van der Waals surface area contributed by atoms with Crippen molar-refractivity contribution in [1.82, 2.24) is 4.57 Å². The summed E-state index contributed by atoms with van der Waals surface area (Å²) in [6.07, 6.45) is 0. The number of rotatable bonds is 2. The zero-order valence-corrected chi connectivity index (χ0v) is 21.4. The second kappa shape index (κ2) is 6.92. The summed E-state index contributed by atoms with van der Waals surface area (Å²) in [5, 5.41) is 2.20. The molecule has 3 aromatic carbocycles. The van der Waals surface area contributed by atoms with Gasteiger partial charge in [-0.25, -0.2) is 0 Å². The van der Waals surface area contributed by atoms with E-state index in [4.69, 9.17) is 0 Å². The standard InChI is InChI=1S/C29H20BrNS2/c1-29(2)22-14-17(8-10-20(22)21-11-9-18(30)15-23(21)29)26-16-25-28(33-26)27-24(12-13-32-27)31(25)19-6-4-3-5-7-19/h3-16H,1-2H3. The third-order valence-corrected chi connectivity index (χ3v) is 9.72. The van der Waals surface area contributed by atoms with E-state index in [1.54, 1.807) is 0 Å². The Labute approximate surface area is 209 Å². The fraction of sp³-hybridized carbons (Fsp3) is 0.103. The van der Waals surface area contributed by atoms with Gasteiger partial charge in [-0.2, -0.15) is 0 Å². The summed E-state index contributed by atoms with van der Waals surface area (Å²) in [6.45, 7) is 4.69. The SMILES string of the molecule is CC1(C)c2cc(Br)ccc2-c2ccc(-c3cc4c(s3)c3sccc3n4-c3ccccc3)cc21. The van der Waals surface area contributed by atoms with Gasteiger partial charge in [0.05, 0.1) is 20.4 Å². The van der Waals surface area contributed by atoms with Crippen LogP contribution in [0.15, 0.2) is 88.7 Å². The van der Waals surface area contributed by atoms with Crippen molar-refractivity contribution in [3.05, 3.63) is 99.8 Å². The fourth-order valence-corrected chi connectivity index (χ4v) is 7.89. The van der Waals surface area contributed by atoms with Crippen molar-refractivity contribution in [3.8, 4) is 27.3 Å². The lowest BCUT2D eigenvalue weighted by molar-refractivity contribution is 0.660. The highest BCUT2D eigenvalue weighted by atomic mass is 79.9. The number of thiophene rings is 2. The summed E-state index contributed by atoms with van der Waals surface area (Å²) in [5.41, 5.74) is 10.6. The van der Waals surface area contributed by atoms with Gasteiger partial charge in [-0.15, -0.1) is 22.7 Å². The highest BCUT2D eigenvalue weighted by molar-refractivity contribution is 9.10. The molecule has 6 aromatic rings. The molecule has 0 unspecified atom stereocenters. The van der Waals surface area contributed by atoms with Gasteiger partial charge in [0.1, 0.15) is 0 Å². The molecule has 0 radical (unpaired) electrons. The summed E-state index contributed by atoms with van der Waals surface area (Å²) in [5.74, 6) is 0. The third-order valence-electron chi connectivity index (χ3n) is 6.98. The Balaban J connectivity index is 1.43. The number of fused-ring (bicyclic) bond motifs is 6. The van der Waals surface area contributed by atoms with Crippen LogP contribution in [0.3, 0.4) is 0 Å². The van der Waals surface area contributed by atoms with Crippen LogP contribution < -0.4 is 0 Å². The Morgan fingerprint density at radius 1 is 0.758 bits per heavy atom. The lowest BCUT2D eigenvalue weighted by Gasteiger charge is -2.22. The number of halogens is 1. The van der Waals surface area contributed by atoms with Crippen molar-refractivity contribution in [2.24, 2.45) is 0 Å². The quantitative estimate of drug-likeness (QED) is 0.212. The Morgan fingerprint density at radius 3 is 2.33 bits per heavy atom. The van der Waals surface area contributed by atoms with Gasteiger partial charge < -0.3 is 4.57 Å². The monoisotopic (exact) mass is 525 g/mol. The van der Waals surface area contributed by atoms with Crippen LogP contribution in [0, 0.1) is 0 Å². The molecule has 0 atom stereocenters. The van der Waals surface area contributed by atoms with Crippen LogP contribution in [0.5, 0.6) is 0 Å². The van der Waals surface area contributed by atoms with Crippen LogP contribution in [0.2, 0.25) is 0 Å². The van der Waals surface area contributed by atoms with E-state index in [2.05, 4.69) is 119 Å². The second-order valence-corrected chi connectivity index (χ2v) is 12.1. The van der Waals surface area contributed by atoms with E-state index < -0.39 is 0 Å². The molecule has 0 saturated heterocycles. The molecular weight excluding hydrogens is 506 g/mol. The largest absolute Gasteiger partial charge is 0.307 e. The van der Waals surface area contributed by atoms with Crippen molar-refractivity contribution in [2.45, 2.75) is 19.3 Å². The molecule has 3 aromatic heterocycles. The number of hydrogen-bond acceptors (Lipinski definition) is 2. The first kappa shape index (κ1) is 19.8. The minimum Gasteiger partial charge on any atom is -0.307 e. The molecule has 0 bridgehead atoms. The van der Waals surface area contributed by atoms with E-state index in [9.17, 15) is 0 Å². The maximum absolute atomic E-state index is 3.67. The van der Waals surface area contributed by atoms with Gasteiger partial charge in [-0.3, -0.25) is 0 Å². The number of para-hydroxylation sites is 1. The molecule has 0 saturated carbocycles. The van der Waals surface area contributed by atoms with E-state index >= 15 is 0 Å². The summed E-state index contributed by atoms with van der Waals surface area (Å²) in [4.78, 5) is 1.33. The maximum Gasteiger partial charge on any atom is 0.0711 e. The fourth-order valence-electron chi connectivity index (χ4n) is 5.35. The molecule has 1 aliphatic carbocycles. The van der Waals surface area contributed by atoms with Crippen LogP contribution in [-0.2, 0) is 5.41 Å². The first-order valence-corrected chi connectivity index (χ1v) is 13.5. The molecule has 160 valence electrons. The number of nitrogens with zero attached hydrogens (tertiary/aromatic N) is 1. The molecule has 3 heterocycles. The van der Waals surface area contributed by atoms with Crippen molar-refractivity contribution < 1.29 is 0 Å². The van der Waals surface area contributed by atoms with E-state index in [1.165, 1.54) is 58.8 Å². The minimum absolute atomic E-state index is 0.0125. The van der Waals surface area contributed by atoms with E-state index in [0.29, 0.717) is 0 Å². The van der Waals surface area contributed by atoms with Gasteiger partial charge in [-0.05, 0) is 75.7 Å². The molecule has 0 N–H and O–H groups in total. The predicted octanol–water partition coefficient (Wildman–Crippen LogP) is 9.64. The lowest BCUT2D eigenvalue weighted by atomic mass is 9.82. The molecule has 33 heavy (non-hydrogen) atoms. The van der Waals surface area contributed by atoms with Crippen molar-refractivity contribution in [3.63, 3.8) is 0 Å². The Hall–Kier alpha value is -2.66. The molecule has 0 fully saturated rings. The summed E-state index contributed by atoms with van der Waals surface area (Å²) >= 11 is 7.42. The van der Waals surface area contributed by atoms with Crippen LogP contribution in [0.4, 0.5) is 0 Å². The van der Waals surface area contributed by atoms with Crippen molar-refractivity contribution >= 4 is 59.0 Å². The molecule has 0 spiro atoms. The summed E-state index contributed by atoms with van der Waals surface area (Å²) in [7, 11) is 0. The average Bonchev–Trinajstić information content (AvgIpc) is 3.55. The summed E-state index contributed by atoms with van der Waals surface area (Å²) in [6, 6.07) is 29.1. The van der Waals surface area contributed by atoms with Gasteiger partial charge >= 0.3 is 0 Å². The Morgan fingerprint density at radius 2 is 1.52 bits per heavy atom. The van der Waals surface area contributed by atoms with E-state index in [0.717, 1.165) is 4.47 Å². The number of hydrogen-bond donors (Lipinski definition) is 0. The predicted molar refractivity (Wildman–Crippen MR) is 147 cm³/mol. The first-order chi connectivity index (χ1) is 16.0. The van der Waals surface area contributed by atoms with Crippen LogP contribution in [0.1, 0.15) is 25.0 Å². The highest BCUT2D eigenvalue weighted by Gasteiger charge is 2.35. The van der Waals surface area contributed by atoms with Gasteiger partial charge in [0, 0.05) is 20.5 Å². The maximum atomic E-state index is 3.67. The number of aromatic nitrogens is 1. The molecule has 0 aliphatic heterocycles. The van der Waals surface area contributed by atoms with E-state index in [-0.39, 0.29) is 5.41 Å². The molecular formula is C29H20BrNS2. The Bertz CT molecular complexity index is 1700. The van der Waals surface area contributed by atoms with Crippen LogP contribution >= 0.6 is 38.6 Å². The zero-order valence-electron chi connectivity index (χ0n) is 18.2. The molecule has 0 amide bonds. The van der Waals surface area contributed by atoms with Crippen LogP contribution in [0.25, 0.3) is 47.7 Å². The molecule has 7 rings (SSSR count). The lowest BCUT2D eigenvalue weighted by Crippen LogP contribution is -2.15. The number of benzene rings is 3. The molecule has 4 heteroatoms. The van der Waals surface area contributed by atoms with Crippen molar-refractivity contribution in [2.75, 3.05) is 0 Å². The first-order valence-electron chi connectivity index (χ1n) is 11.0. The van der Waals surface area contributed by atoms with Gasteiger partial charge in [0.25, 0.3) is 0 Å². The molecule has 1 aliphatic rings. The molecule has 1 nitrogen and oxygen atoms in total. The van der Waals surface area contributed by atoms with Gasteiger partial charge in [0.2, 0.25) is 0 Å². The highest BCUT2D eigenvalue weighted by Crippen LogP contribution is 2.51. The van der Waals surface area contributed by atoms with E-state index in [1.807, 2.05) is 22.7 Å².